The Labute approximate surface area is 102 Å². The Morgan fingerprint density at radius 2 is 2.31 bits per heavy atom. The molecule has 0 spiro atoms. The summed E-state index contributed by atoms with van der Waals surface area (Å²) in [7, 11) is 1.80. The minimum atomic E-state index is 0.619. The lowest BCUT2D eigenvalue weighted by Crippen LogP contribution is -2.39. The molecule has 1 aromatic rings. The summed E-state index contributed by atoms with van der Waals surface area (Å²) in [6.45, 7) is 6.18. The van der Waals surface area contributed by atoms with Crippen LogP contribution in [0.1, 0.15) is 18.7 Å². The number of hydrogen-bond donors (Lipinski definition) is 2. The highest BCUT2D eigenvalue weighted by Gasteiger charge is 2.05. The highest BCUT2D eigenvalue weighted by molar-refractivity contribution is 7.09. The number of rotatable bonds is 5. The molecule has 1 unspecified atom stereocenters. The third-order valence-electron chi connectivity index (χ3n) is 2.32. The molecule has 2 N–H and O–H groups in total. The Bertz CT molecular complexity index is 306. The molecule has 0 aliphatic heterocycles. The standard InChI is InChI=1S/C12H21N3S/c1-4-14-12(13-3)15-9-10(2)8-11-6-5-7-16-11/h5-7,10H,4,8-9H2,1-3H3,(H2,13,14,15). The number of aliphatic imine (C=N–C) groups is 1. The van der Waals surface area contributed by atoms with E-state index in [1.807, 2.05) is 11.3 Å². The fraction of sp³-hybridized carbons (Fsp3) is 0.583. The van der Waals surface area contributed by atoms with E-state index in [9.17, 15) is 0 Å². The number of guanidine groups is 1. The molecular weight excluding hydrogens is 218 g/mol. The summed E-state index contributed by atoms with van der Waals surface area (Å²) < 4.78 is 0. The number of thiophene rings is 1. The number of nitrogens with zero attached hydrogens (tertiary/aromatic N) is 1. The van der Waals surface area contributed by atoms with E-state index in [1.165, 1.54) is 4.88 Å². The van der Waals surface area contributed by atoms with Crippen molar-refractivity contribution < 1.29 is 0 Å². The highest BCUT2D eigenvalue weighted by Crippen LogP contribution is 2.13. The molecule has 4 heteroatoms. The van der Waals surface area contributed by atoms with Crippen molar-refractivity contribution in [3.05, 3.63) is 22.4 Å². The Morgan fingerprint density at radius 3 is 2.88 bits per heavy atom. The first-order chi connectivity index (χ1) is 7.76. The fourth-order valence-electron chi connectivity index (χ4n) is 1.50. The molecule has 0 aromatic carbocycles. The van der Waals surface area contributed by atoms with Gasteiger partial charge in [-0.3, -0.25) is 4.99 Å². The van der Waals surface area contributed by atoms with Gasteiger partial charge in [0.2, 0.25) is 0 Å². The number of nitrogens with one attached hydrogen (secondary N) is 2. The van der Waals surface area contributed by atoms with Crippen LogP contribution in [0.25, 0.3) is 0 Å². The van der Waals surface area contributed by atoms with Crippen LogP contribution in [0.2, 0.25) is 0 Å². The minimum absolute atomic E-state index is 0.619. The maximum Gasteiger partial charge on any atom is 0.190 e. The average Bonchev–Trinajstić information content (AvgIpc) is 2.76. The first-order valence-electron chi connectivity index (χ1n) is 5.73. The van der Waals surface area contributed by atoms with Crippen LogP contribution in [-0.2, 0) is 6.42 Å². The molecule has 0 amide bonds. The largest absolute Gasteiger partial charge is 0.357 e. The second-order valence-corrected chi connectivity index (χ2v) is 4.90. The summed E-state index contributed by atoms with van der Waals surface area (Å²) in [5.41, 5.74) is 0. The van der Waals surface area contributed by atoms with E-state index in [2.05, 4.69) is 47.0 Å². The summed E-state index contributed by atoms with van der Waals surface area (Å²) in [6, 6.07) is 4.30. The van der Waals surface area contributed by atoms with Gasteiger partial charge in [-0.15, -0.1) is 11.3 Å². The Kier molecular flexibility index (Phi) is 5.93. The molecule has 0 saturated heterocycles. The van der Waals surface area contributed by atoms with Crippen molar-refractivity contribution in [1.29, 1.82) is 0 Å². The SMILES string of the molecule is CCNC(=NC)NCC(C)Cc1cccs1. The molecule has 16 heavy (non-hydrogen) atoms. The summed E-state index contributed by atoms with van der Waals surface area (Å²) in [6.07, 6.45) is 1.13. The van der Waals surface area contributed by atoms with Crippen LogP contribution in [-0.4, -0.2) is 26.1 Å². The summed E-state index contributed by atoms with van der Waals surface area (Å²) in [5, 5.41) is 8.65. The van der Waals surface area contributed by atoms with Crippen LogP contribution in [0.3, 0.4) is 0 Å². The normalized spacial score (nSPS) is 13.6. The topological polar surface area (TPSA) is 36.4 Å². The lowest BCUT2D eigenvalue weighted by Gasteiger charge is -2.14. The third kappa shape index (κ3) is 4.66. The third-order valence-corrected chi connectivity index (χ3v) is 3.21. The smallest absolute Gasteiger partial charge is 0.190 e. The average molecular weight is 239 g/mol. The van der Waals surface area contributed by atoms with Gasteiger partial charge in [0, 0.05) is 25.0 Å². The summed E-state index contributed by atoms with van der Waals surface area (Å²) in [5.74, 6) is 1.51. The lowest BCUT2D eigenvalue weighted by atomic mass is 10.1. The molecule has 0 fully saturated rings. The van der Waals surface area contributed by atoms with Gasteiger partial charge >= 0.3 is 0 Å². The van der Waals surface area contributed by atoms with Crippen LogP contribution in [0.4, 0.5) is 0 Å². The molecule has 0 saturated carbocycles. The highest BCUT2D eigenvalue weighted by atomic mass is 32.1. The maximum atomic E-state index is 4.14. The second-order valence-electron chi connectivity index (χ2n) is 3.87. The van der Waals surface area contributed by atoms with Crippen molar-refractivity contribution in [3.8, 4) is 0 Å². The molecule has 0 aliphatic carbocycles. The van der Waals surface area contributed by atoms with Gasteiger partial charge in [0.15, 0.2) is 5.96 Å². The zero-order chi connectivity index (χ0) is 11.8. The van der Waals surface area contributed by atoms with Crippen molar-refractivity contribution in [3.63, 3.8) is 0 Å². The summed E-state index contributed by atoms with van der Waals surface area (Å²) in [4.78, 5) is 5.60. The molecular formula is C12H21N3S. The quantitative estimate of drug-likeness (QED) is 0.610. The molecule has 1 aromatic heterocycles. The van der Waals surface area contributed by atoms with Crippen molar-refractivity contribution >= 4 is 17.3 Å². The van der Waals surface area contributed by atoms with Gasteiger partial charge < -0.3 is 10.6 Å². The number of hydrogen-bond acceptors (Lipinski definition) is 2. The molecule has 3 nitrogen and oxygen atoms in total. The zero-order valence-corrected chi connectivity index (χ0v) is 11.1. The van der Waals surface area contributed by atoms with E-state index in [4.69, 9.17) is 0 Å². The first-order valence-corrected chi connectivity index (χ1v) is 6.61. The van der Waals surface area contributed by atoms with E-state index < -0.39 is 0 Å². The molecule has 1 atom stereocenters. The van der Waals surface area contributed by atoms with Gasteiger partial charge in [0.05, 0.1) is 0 Å². The van der Waals surface area contributed by atoms with Crippen LogP contribution < -0.4 is 10.6 Å². The maximum absolute atomic E-state index is 4.14. The van der Waals surface area contributed by atoms with Crippen LogP contribution >= 0.6 is 11.3 Å². The molecule has 1 heterocycles. The zero-order valence-electron chi connectivity index (χ0n) is 10.3. The van der Waals surface area contributed by atoms with Gasteiger partial charge in [0.1, 0.15) is 0 Å². The van der Waals surface area contributed by atoms with E-state index in [1.54, 1.807) is 7.05 Å². The second kappa shape index (κ2) is 7.28. The van der Waals surface area contributed by atoms with Crippen molar-refractivity contribution in [2.45, 2.75) is 20.3 Å². The van der Waals surface area contributed by atoms with Crippen molar-refractivity contribution in [2.24, 2.45) is 10.9 Å². The first kappa shape index (κ1) is 13.0. The molecule has 90 valence electrons. The predicted molar refractivity (Wildman–Crippen MR) is 72.2 cm³/mol. The Morgan fingerprint density at radius 1 is 1.50 bits per heavy atom. The van der Waals surface area contributed by atoms with Gasteiger partial charge in [-0.2, -0.15) is 0 Å². The van der Waals surface area contributed by atoms with Crippen LogP contribution in [0.15, 0.2) is 22.5 Å². The van der Waals surface area contributed by atoms with Gasteiger partial charge in [-0.25, -0.2) is 0 Å². The van der Waals surface area contributed by atoms with E-state index >= 15 is 0 Å². The van der Waals surface area contributed by atoms with Crippen molar-refractivity contribution in [1.82, 2.24) is 10.6 Å². The molecule has 1 rings (SSSR count). The fourth-order valence-corrected chi connectivity index (χ4v) is 2.37. The monoisotopic (exact) mass is 239 g/mol. The van der Waals surface area contributed by atoms with Gasteiger partial charge in [0.25, 0.3) is 0 Å². The lowest BCUT2D eigenvalue weighted by molar-refractivity contribution is 0.563. The Balaban J connectivity index is 2.26. The van der Waals surface area contributed by atoms with Crippen LogP contribution in [0, 0.1) is 5.92 Å². The molecule has 0 aliphatic rings. The van der Waals surface area contributed by atoms with Crippen LogP contribution in [0.5, 0.6) is 0 Å². The minimum Gasteiger partial charge on any atom is -0.357 e. The van der Waals surface area contributed by atoms with E-state index in [-0.39, 0.29) is 0 Å². The van der Waals surface area contributed by atoms with Gasteiger partial charge in [-0.1, -0.05) is 13.0 Å². The van der Waals surface area contributed by atoms with E-state index in [0.29, 0.717) is 5.92 Å². The Hall–Kier alpha value is -1.03. The predicted octanol–water partition coefficient (Wildman–Crippen LogP) is 2.11. The summed E-state index contributed by atoms with van der Waals surface area (Å²) >= 11 is 1.83. The molecule has 0 bridgehead atoms. The van der Waals surface area contributed by atoms with E-state index in [0.717, 1.165) is 25.5 Å². The van der Waals surface area contributed by atoms with Gasteiger partial charge in [-0.05, 0) is 30.7 Å². The molecule has 0 radical (unpaired) electrons. The van der Waals surface area contributed by atoms with Crippen molar-refractivity contribution in [2.75, 3.05) is 20.1 Å².